The Balaban J connectivity index is 2.17. The molecule has 0 radical (unpaired) electrons. The first-order valence-corrected chi connectivity index (χ1v) is 7.74. The molecule has 0 heterocycles. The largest absolute Gasteiger partial charge is 0.312 e. The van der Waals surface area contributed by atoms with Gasteiger partial charge in [-0.25, -0.2) is 0 Å². The lowest BCUT2D eigenvalue weighted by Gasteiger charge is -2.16. The van der Waals surface area contributed by atoms with Crippen molar-refractivity contribution in [3.05, 3.63) is 48.0 Å². The molecule has 2 rings (SSSR count). The van der Waals surface area contributed by atoms with E-state index in [1.165, 1.54) is 28.5 Å². The Morgan fingerprint density at radius 1 is 1.11 bits per heavy atom. The van der Waals surface area contributed by atoms with E-state index in [-0.39, 0.29) is 0 Å². The average Bonchev–Trinajstić information content (AvgIpc) is 2.43. The smallest absolute Gasteiger partial charge is 0.0409 e. The van der Waals surface area contributed by atoms with Gasteiger partial charge in [-0.1, -0.05) is 43.3 Å². The molecule has 0 bridgehead atoms. The lowest BCUT2D eigenvalue weighted by Crippen LogP contribution is -2.18. The lowest BCUT2D eigenvalue weighted by molar-refractivity contribution is 0.662. The van der Waals surface area contributed by atoms with Crippen LogP contribution < -0.4 is 5.32 Å². The highest BCUT2D eigenvalue weighted by Gasteiger charge is 2.09. The van der Waals surface area contributed by atoms with Crippen LogP contribution in [0.25, 0.3) is 10.8 Å². The summed E-state index contributed by atoms with van der Waals surface area (Å²) >= 11 is 2.02. The first-order valence-electron chi connectivity index (χ1n) is 6.59. The van der Waals surface area contributed by atoms with Gasteiger partial charge in [-0.05, 0) is 41.6 Å². The molecule has 0 aliphatic carbocycles. The van der Waals surface area contributed by atoms with Crippen LogP contribution in [-0.2, 0) is 0 Å². The van der Waals surface area contributed by atoms with Crippen LogP contribution in [0.2, 0.25) is 0 Å². The van der Waals surface area contributed by atoms with Crippen LogP contribution in [0.4, 0.5) is 0 Å². The molecule has 0 fully saturated rings. The minimum Gasteiger partial charge on any atom is -0.312 e. The van der Waals surface area contributed by atoms with E-state index >= 15 is 0 Å². The highest BCUT2D eigenvalue weighted by atomic mass is 32.2. The average molecular weight is 259 g/mol. The van der Waals surface area contributed by atoms with E-state index in [9.17, 15) is 0 Å². The summed E-state index contributed by atoms with van der Waals surface area (Å²) < 4.78 is 0. The van der Waals surface area contributed by atoms with Gasteiger partial charge in [0.05, 0.1) is 0 Å². The number of hydrogen-bond donors (Lipinski definition) is 1. The standard InChI is InChI=1S/C16H21NS/c1-3-10-18-12-16(17-2)15-9-8-13-6-4-5-7-14(13)11-15/h4-9,11,16-17H,3,10,12H2,1-2H3. The Kier molecular flexibility index (Phi) is 5.09. The van der Waals surface area contributed by atoms with E-state index in [1.54, 1.807) is 0 Å². The van der Waals surface area contributed by atoms with Crippen molar-refractivity contribution in [2.45, 2.75) is 19.4 Å². The van der Waals surface area contributed by atoms with Gasteiger partial charge in [0.25, 0.3) is 0 Å². The second-order valence-electron chi connectivity index (χ2n) is 4.52. The molecule has 1 N–H and O–H groups in total. The predicted octanol–water partition coefficient (Wildman–Crippen LogP) is 4.24. The van der Waals surface area contributed by atoms with E-state index in [0.717, 1.165) is 5.75 Å². The van der Waals surface area contributed by atoms with Gasteiger partial charge in [0.1, 0.15) is 0 Å². The SMILES string of the molecule is CCCSCC(NC)c1ccc2ccccc2c1. The number of rotatable bonds is 6. The van der Waals surface area contributed by atoms with Gasteiger partial charge in [0.15, 0.2) is 0 Å². The fourth-order valence-corrected chi connectivity index (χ4v) is 3.17. The second-order valence-corrected chi connectivity index (χ2v) is 5.67. The fraction of sp³-hybridized carbons (Fsp3) is 0.375. The van der Waals surface area contributed by atoms with Crippen LogP contribution >= 0.6 is 11.8 Å². The molecule has 0 aliphatic heterocycles. The quantitative estimate of drug-likeness (QED) is 0.779. The van der Waals surface area contributed by atoms with Crippen LogP contribution in [0.1, 0.15) is 24.9 Å². The molecular formula is C16H21NS. The second kappa shape index (κ2) is 6.81. The molecule has 96 valence electrons. The molecular weight excluding hydrogens is 238 g/mol. The van der Waals surface area contributed by atoms with Crippen molar-refractivity contribution in [2.75, 3.05) is 18.6 Å². The molecule has 0 aliphatic rings. The number of fused-ring (bicyclic) bond motifs is 1. The molecule has 1 atom stereocenters. The number of nitrogens with one attached hydrogen (secondary N) is 1. The summed E-state index contributed by atoms with van der Waals surface area (Å²) in [6.45, 7) is 2.23. The third-order valence-electron chi connectivity index (χ3n) is 3.16. The molecule has 1 nitrogen and oxygen atoms in total. The Bertz CT molecular complexity index is 495. The van der Waals surface area contributed by atoms with Gasteiger partial charge in [0.2, 0.25) is 0 Å². The van der Waals surface area contributed by atoms with Gasteiger partial charge >= 0.3 is 0 Å². The molecule has 0 amide bonds. The van der Waals surface area contributed by atoms with Crippen molar-refractivity contribution >= 4 is 22.5 Å². The van der Waals surface area contributed by atoms with Crippen LogP contribution in [-0.4, -0.2) is 18.6 Å². The zero-order chi connectivity index (χ0) is 12.8. The van der Waals surface area contributed by atoms with E-state index in [2.05, 4.69) is 54.7 Å². The molecule has 2 aromatic carbocycles. The summed E-state index contributed by atoms with van der Waals surface area (Å²) in [6, 6.07) is 15.8. The van der Waals surface area contributed by atoms with Gasteiger partial charge in [-0.3, -0.25) is 0 Å². The zero-order valence-corrected chi connectivity index (χ0v) is 12.0. The van der Waals surface area contributed by atoms with Crippen LogP contribution in [0, 0.1) is 0 Å². The summed E-state index contributed by atoms with van der Waals surface area (Å²) in [5, 5.41) is 6.07. The molecule has 2 aromatic rings. The van der Waals surface area contributed by atoms with Gasteiger partial charge in [-0.15, -0.1) is 0 Å². The van der Waals surface area contributed by atoms with E-state index in [1.807, 2.05) is 18.8 Å². The van der Waals surface area contributed by atoms with E-state index in [0.29, 0.717) is 6.04 Å². The topological polar surface area (TPSA) is 12.0 Å². The maximum absolute atomic E-state index is 3.42. The normalized spacial score (nSPS) is 12.8. The molecule has 0 aromatic heterocycles. The summed E-state index contributed by atoms with van der Waals surface area (Å²) in [4.78, 5) is 0. The maximum Gasteiger partial charge on any atom is 0.0409 e. The first-order chi connectivity index (χ1) is 8.85. The van der Waals surface area contributed by atoms with Crippen molar-refractivity contribution in [3.8, 4) is 0 Å². The molecule has 0 saturated carbocycles. The number of thioether (sulfide) groups is 1. The van der Waals surface area contributed by atoms with Crippen LogP contribution in [0.5, 0.6) is 0 Å². The first kappa shape index (κ1) is 13.4. The van der Waals surface area contributed by atoms with Gasteiger partial charge in [-0.2, -0.15) is 11.8 Å². The monoisotopic (exact) mass is 259 g/mol. The zero-order valence-electron chi connectivity index (χ0n) is 11.1. The van der Waals surface area contributed by atoms with Crippen LogP contribution in [0.3, 0.4) is 0 Å². The van der Waals surface area contributed by atoms with Crippen molar-refractivity contribution in [1.29, 1.82) is 0 Å². The Morgan fingerprint density at radius 3 is 2.61 bits per heavy atom. The Hall–Kier alpha value is -0.990. The highest BCUT2D eigenvalue weighted by Crippen LogP contribution is 2.23. The van der Waals surface area contributed by atoms with Crippen molar-refractivity contribution < 1.29 is 0 Å². The van der Waals surface area contributed by atoms with E-state index < -0.39 is 0 Å². The molecule has 1 unspecified atom stereocenters. The molecule has 0 saturated heterocycles. The summed E-state index contributed by atoms with van der Waals surface area (Å²) in [5.74, 6) is 2.38. The van der Waals surface area contributed by atoms with Crippen LogP contribution in [0.15, 0.2) is 42.5 Å². The molecule has 18 heavy (non-hydrogen) atoms. The third kappa shape index (κ3) is 3.27. The third-order valence-corrected chi connectivity index (χ3v) is 4.42. The van der Waals surface area contributed by atoms with Crippen molar-refractivity contribution in [2.24, 2.45) is 0 Å². The number of hydrogen-bond acceptors (Lipinski definition) is 2. The maximum atomic E-state index is 3.42. The predicted molar refractivity (Wildman–Crippen MR) is 83.4 cm³/mol. The minimum atomic E-state index is 0.450. The number of benzene rings is 2. The lowest BCUT2D eigenvalue weighted by atomic mass is 10.0. The van der Waals surface area contributed by atoms with E-state index in [4.69, 9.17) is 0 Å². The van der Waals surface area contributed by atoms with Crippen molar-refractivity contribution in [1.82, 2.24) is 5.32 Å². The summed E-state index contributed by atoms with van der Waals surface area (Å²) in [7, 11) is 2.05. The summed E-state index contributed by atoms with van der Waals surface area (Å²) in [5.41, 5.74) is 1.39. The summed E-state index contributed by atoms with van der Waals surface area (Å²) in [6.07, 6.45) is 1.25. The molecule has 0 spiro atoms. The van der Waals surface area contributed by atoms with Gasteiger partial charge in [0, 0.05) is 11.8 Å². The fourth-order valence-electron chi connectivity index (χ4n) is 2.12. The minimum absolute atomic E-state index is 0.450. The van der Waals surface area contributed by atoms with Gasteiger partial charge < -0.3 is 5.32 Å². The Labute approximate surface area is 114 Å². The highest BCUT2D eigenvalue weighted by molar-refractivity contribution is 7.99. The Morgan fingerprint density at radius 2 is 1.89 bits per heavy atom. The van der Waals surface area contributed by atoms with Crippen molar-refractivity contribution in [3.63, 3.8) is 0 Å². The molecule has 2 heteroatoms.